The van der Waals surface area contributed by atoms with E-state index >= 15 is 0 Å². The summed E-state index contributed by atoms with van der Waals surface area (Å²) in [5.74, 6) is 2.76. The summed E-state index contributed by atoms with van der Waals surface area (Å²) in [5.41, 5.74) is 3.57. The predicted octanol–water partition coefficient (Wildman–Crippen LogP) is 5.17. The van der Waals surface area contributed by atoms with Gasteiger partial charge < -0.3 is 9.64 Å². The third kappa shape index (κ3) is 2.42. The lowest BCUT2D eigenvalue weighted by Crippen LogP contribution is -2.59. The molecule has 1 heterocycles. The van der Waals surface area contributed by atoms with Crippen LogP contribution in [0.2, 0.25) is 0 Å². The lowest BCUT2D eigenvalue weighted by molar-refractivity contribution is 0.00276. The van der Waals surface area contributed by atoms with Crippen molar-refractivity contribution < 1.29 is 4.74 Å². The second kappa shape index (κ2) is 5.88. The molecular formula is C23H27NO. The Morgan fingerprint density at radius 1 is 1.00 bits per heavy atom. The molecule has 2 aromatic carbocycles. The fourth-order valence-corrected chi connectivity index (χ4v) is 5.86. The van der Waals surface area contributed by atoms with Gasteiger partial charge in [0, 0.05) is 11.5 Å². The molecule has 3 atom stereocenters. The van der Waals surface area contributed by atoms with Gasteiger partial charge in [0.1, 0.15) is 11.5 Å². The molecule has 0 spiro atoms. The molecule has 0 aromatic heterocycles. The Balaban J connectivity index is 1.56. The number of nitrogens with zero attached hydrogens (tertiary/aromatic N) is 1. The molecule has 0 radical (unpaired) electrons. The standard InChI is InChI=1S/C23H27NO/c1-24-14-13-23-12-6-5-9-20(23)22(24)15-17-10-11-19(16-21(17)23)25-18-7-3-2-4-8-18/h2-4,7-8,10-11,16,20,22H,5-6,9,12-15H2,1H3. The van der Waals surface area contributed by atoms with E-state index in [9.17, 15) is 0 Å². The van der Waals surface area contributed by atoms with Crippen LogP contribution in [0.25, 0.3) is 0 Å². The number of likely N-dealkylation sites (N-methyl/N-ethyl adjacent to an activating group) is 1. The van der Waals surface area contributed by atoms with Crippen LogP contribution in [-0.4, -0.2) is 24.5 Å². The Hall–Kier alpha value is -1.80. The number of hydrogen-bond donors (Lipinski definition) is 0. The molecule has 3 unspecified atom stereocenters. The molecule has 2 aromatic rings. The monoisotopic (exact) mass is 333 g/mol. The second-order valence-electron chi connectivity index (χ2n) is 8.24. The van der Waals surface area contributed by atoms with Gasteiger partial charge in [-0.1, -0.05) is 37.1 Å². The van der Waals surface area contributed by atoms with Crippen molar-refractivity contribution in [3.05, 3.63) is 59.7 Å². The van der Waals surface area contributed by atoms with Gasteiger partial charge in [-0.25, -0.2) is 0 Å². The molecule has 0 N–H and O–H groups in total. The summed E-state index contributed by atoms with van der Waals surface area (Å²) in [7, 11) is 2.33. The van der Waals surface area contributed by atoms with Crippen LogP contribution in [0.4, 0.5) is 0 Å². The van der Waals surface area contributed by atoms with E-state index in [2.05, 4.69) is 30.1 Å². The highest BCUT2D eigenvalue weighted by molar-refractivity contribution is 5.46. The van der Waals surface area contributed by atoms with Crippen molar-refractivity contribution in [2.24, 2.45) is 5.92 Å². The summed E-state index contributed by atoms with van der Waals surface area (Å²) in [5, 5.41) is 0. The van der Waals surface area contributed by atoms with Crippen LogP contribution in [0.1, 0.15) is 43.2 Å². The Bertz CT molecular complexity index is 771. The zero-order valence-electron chi connectivity index (χ0n) is 15.1. The topological polar surface area (TPSA) is 12.5 Å². The van der Waals surface area contributed by atoms with Gasteiger partial charge in [0.25, 0.3) is 0 Å². The van der Waals surface area contributed by atoms with Crippen molar-refractivity contribution in [3.63, 3.8) is 0 Å². The molecule has 2 bridgehead atoms. The first kappa shape index (κ1) is 15.5. The van der Waals surface area contributed by atoms with E-state index in [-0.39, 0.29) is 0 Å². The second-order valence-corrected chi connectivity index (χ2v) is 8.24. The molecule has 130 valence electrons. The number of fused-ring (bicyclic) bond motifs is 1. The summed E-state index contributed by atoms with van der Waals surface area (Å²) in [4.78, 5) is 2.63. The average Bonchev–Trinajstić information content (AvgIpc) is 2.66. The number of benzene rings is 2. The third-order valence-electron chi connectivity index (χ3n) is 7.06. The summed E-state index contributed by atoms with van der Waals surface area (Å²) in [6.45, 7) is 1.24. The molecule has 2 heteroatoms. The highest BCUT2D eigenvalue weighted by Gasteiger charge is 2.53. The van der Waals surface area contributed by atoms with Crippen molar-refractivity contribution in [1.29, 1.82) is 0 Å². The Morgan fingerprint density at radius 2 is 1.88 bits per heavy atom. The lowest BCUT2D eigenvalue weighted by Gasteiger charge is -2.58. The minimum atomic E-state index is 0.402. The first-order valence-electron chi connectivity index (χ1n) is 9.83. The van der Waals surface area contributed by atoms with Crippen molar-refractivity contribution >= 4 is 0 Å². The largest absolute Gasteiger partial charge is 0.457 e. The number of likely N-dealkylation sites (tertiary alicyclic amines) is 1. The zero-order valence-corrected chi connectivity index (χ0v) is 15.1. The molecule has 2 fully saturated rings. The van der Waals surface area contributed by atoms with Gasteiger partial charge >= 0.3 is 0 Å². The zero-order chi connectivity index (χ0) is 16.9. The third-order valence-corrected chi connectivity index (χ3v) is 7.06. The highest BCUT2D eigenvalue weighted by atomic mass is 16.5. The van der Waals surface area contributed by atoms with E-state index in [1.54, 1.807) is 11.1 Å². The summed E-state index contributed by atoms with van der Waals surface area (Å²) in [6, 6.07) is 17.8. The van der Waals surface area contributed by atoms with Crippen molar-refractivity contribution in [2.45, 2.75) is 50.0 Å². The van der Waals surface area contributed by atoms with Crippen LogP contribution < -0.4 is 4.74 Å². The van der Waals surface area contributed by atoms with E-state index in [1.165, 1.54) is 45.1 Å². The predicted molar refractivity (Wildman–Crippen MR) is 101 cm³/mol. The van der Waals surface area contributed by atoms with E-state index in [0.29, 0.717) is 5.41 Å². The molecule has 1 aliphatic heterocycles. The van der Waals surface area contributed by atoms with Crippen LogP contribution in [0.15, 0.2) is 48.5 Å². The minimum absolute atomic E-state index is 0.402. The molecule has 3 aliphatic rings. The first-order chi connectivity index (χ1) is 12.3. The minimum Gasteiger partial charge on any atom is -0.457 e. The Kier molecular flexibility index (Phi) is 3.63. The van der Waals surface area contributed by atoms with Gasteiger partial charge in [0.15, 0.2) is 0 Å². The fraction of sp³-hybridized carbons (Fsp3) is 0.478. The number of hydrogen-bond acceptors (Lipinski definition) is 2. The van der Waals surface area contributed by atoms with Crippen LogP contribution in [0.5, 0.6) is 11.5 Å². The van der Waals surface area contributed by atoms with Crippen LogP contribution >= 0.6 is 0 Å². The van der Waals surface area contributed by atoms with Crippen LogP contribution in [0, 0.1) is 5.92 Å². The molecule has 0 amide bonds. The Labute approximate surface area is 150 Å². The number of piperidine rings is 1. The van der Waals surface area contributed by atoms with Crippen molar-refractivity contribution in [3.8, 4) is 11.5 Å². The summed E-state index contributed by atoms with van der Waals surface area (Å²) in [6.07, 6.45) is 8.08. The fourth-order valence-electron chi connectivity index (χ4n) is 5.86. The van der Waals surface area contributed by atoms with Gasteiger partial charge in [-0.05, 0) is 80.6 Å². The molecule has 5 rings (SSSR count). The van der Waals surface area contributed by atoms with Crippen LogP contribution in [0.3, 0.4) is 0 Å². The van der Waals surface area contributed by atoms with Gasteiger partial charge in [0.05, 0.1) is 0 Å². The molecule has 1 saturated carbocycles. The molecule has 2 aliphatic carbocycles. The lowest BCUT2D eigenvalue weighted by atomic mass is 9.52. The summed E-state index contributed by atoms with van der Waals surface area (Å²) < 4.78 is 6.17. The van der Waals surface area contributed by atoms with Gasteiger partial charge in [-0.15, -0.1) is 0 Å². The maximum Gasteiger partial charge on any atom is 0.127 e. The maximum atomic E-state index is 6.17. The quantitative estimate of drug-likeness (QED) is 0.752. The average molecular weight is 333 g/mol. The number of ether oxygens (including phenoxy) is 1. The van der Waals surface area contributed by atoms with E-state index in [4.69, 9.17) is 4.74 Å². The smallest absolute Gasteiger partial charge is 0.127 e. The number of para-hydroxylation sites is 1. The summed E-state index contributed by atoms with van der Waals surface area (Å²) >= 11 is 0. The van der Waals surface area contributed by atoms with E-state index in [1.807, 2.05) is 30.3 Å². The van der Waals surface area contributed by atoms with E-state index in [0.717, 1.165) is 23.5 Å². The van der Waals surface area contributed by atoms with Gasteiger partial charge in [-0.2, -0.15) is 0 Å². The first-order valence-corrected chi connectivity index (χ1v) is 9.83. The normalized spacial score (nSPS) is 31.1. The SMILES string of the molecule is CN1CCC23CCCCC2C1Cc1ccc(Oc2ccccc2)cc13. The maximum absolute atomic E-state index is 6.17. The molecule has 1 saturated heterocycles. The van der Waals surface area contributed by atoms with Gasteiger partial charge in [0.2, 0.25) is 0 Å². The van der Waals surface area contributed by atoms with Crippen molar-refractivity contribution in [1.82, 2.24) is 4.90 Å². The van der Waals surface area contributed by atoms with Crippen molar-refractivity contribution in [2.75, 3.05) is 13.6 Å². The Morgan fingerprint density at radius 3 is 2.76 bits per heavy atom. The molecule has 2 nitrogen and oxygen atoms in total. The van der Waals surface area contributed by atoms with Crippen LogP contribution in [-0.2, 0) is 11.8 Å². The highest BCUT2D eigenvalue weighted by Crippen LogP contribution is 2.56. The number of rotatable bonds is 2. The van der Waals surface area contributed by atoms with Gasteiger partial charge in [-0.3, -0.25) is 0 Å². The molecular weight excluding hydrogens is 306 g/mol. The molecule has 25 heavy (non-hydrogen) atoms. The van der Waals surface area contributed by atoms with E-state index < -0.39 is 0 Å².